The molecule has 1 N–H and O–H groups in total. The number of hydrogen-bond donors (Lipinski definition) is 1. The summed E-state index contributed by atoms with van der Waals surface area (Å²) in [7, 11) is 0. The molecular formula is C16H32N2O. The third kappa shape index (κ3) is 11.9. The van der Waals surface area contributed by atoms with E-state index < -0.39 is 0 Å². The van der Waals surface area contributed by atoms with Gasteiger partial charge in [0.25, 0.3) is 0 Å². The molecule has 0 unspecified atom stereocenters. The minimum atomic E-state index is 0.0605. The molecule has 0 aromatic rings. The SMILES string of the molecule is CCCCCCCCCCC(=O)NN=C(CC)CC. The Bertz CT molecular complexity index is 243. The van der Waals surface area contributed by atoms with Crippen LogP contribution in [-0.2, 0) is 4.79 Å². The molecule has 0 rings (SSSR count). The van der Waals surface area contributed by atoms with Gasteiger partial charge in [0.15, 0.2) is 0 Å². The van der Waals surface area contributed by atoms with Crippen LogP contribution in [-0.4, -0.2) is 11.6 Å². The Hall–Kier alpha value is -0.860. The molecule has 3 nitrogen and oxygen atoms in total. The predicted molar refractivity (Wildman–Crippen MR) is 83.4 cm³/mol. The van der Waals surface area contributed by atoms with Crippen molar-refractivity contribution in [3.05, 3.63) is 0 Å². The lowest BCUT2D eigenvalue weighted by Gasteiger charge is -2.03. The quantitative estimate of drug-likeness (QED) is 0.308. The number of hydrogen-bond acceptors (Lipinski definition) is 2. The summed E-state index contributed by atoms with van der Waals surface area (Å²) in [5.41, 5.74) is 3.71. The van der Waals surface area contributed by atoms with E-state index >= 15 is 0 Å². The van der Waals surface area contributed by atoms with Gasteiger partial charge in [0.1, 0.15) is 0 Å². The van der Waals surface area contributed by atoms with Gasteiger partial charge in [-0.1, -0.05) is 65.7 Å². The second-order valence-corrected chi connectivity index (χ2v) is 5.14. The summed E-state index contributed by atoms with van der Waals surface area (Å²) in [6.45, 7) is 6.36. The molecule has 0 spiro atoms. The van der Waals surface area contributed by atoms with Crippen LogP contribution in [0.2, 0.25) is 0 Å². The van der Waals surface area contributed by atoms with Crippen LogP contribution in [0.4, 0.5) is 0 Å². The Morgan fingerprint density at radius 3 is 1.89 bits per heavy atom. The van der Waals surface area contributed by atoms with Crippen LogP contribution in [0.1, 0.15) is 91.4 Å². The predicted octanol–water partition coefficient (Wildman–Crippen LogP) is 4.81. The Balaban J connectivity index is 3.41. The molecule has 0 aromatic carbocycles. The maximum Gasteiger partial charge on any atom is 0.240 e. The first-order valence-electron chi connectivity index (χ1n) is 8.08. The number of hydrazone groups is 1. The third-order valence-electron chi connectivity index (χ3n) is 3.41. The summed E-state index contributed by atoms with van der Waals surface area (Å²) in [6.07, 6.45) is 12.5. The second-order valence-electron chi connectivity index (χ2n) is 5.14. The highest BCUT2D eigenvalue weighted by Crippen LogP contribution is 2.09. The Morgan fingerprint density at radius 1 is 0.842 bits per heavy atom. The highest BCUT2D eigenvalue weighted by atomic mass is 16.2. The molecule has 0 aliphatic carbocycles. The van der Waals surface area contributed by atoms with Gasteiger partial charge in [-0.25, -0.2) is 5.43 Å². The van der Waals surface area contributed by atoms with Crippen molar-refractivity contribution in [2.45, 2.75) is 91.4 Å². The Morgan fingerprint density at radius 2 is 1.37 bits per heavy atom. The number of nitrogens with zero attached hydrogens (tertiary/aromatic N) is 1. The lowest BCUT2D eigenvalue weighted by Crippen LogP contribution is -2.18. The number of carbonyl (C=O) groups excluding carboxylic acids is 1. The zero-order chi connectivity index (χ0) is 14.3. The van der Waals surface area contributed by atoms with Gasteiger partial charge in [-0.2, -0.15) is 5.10 Å². The minimum Gasteiger partial charge on any atom is -0.273 e. The van der Waals surface area contributed by atoms with Crippen molar-refractivity contribution in [2.75, 3.05) is 0 Å². The highest BCUT2D eigenvalue weighted by molar-refractivity contribution is 5.85. The van der Waals surface area contributed by atoms with E-state index in [1.807, 2.05) is 0 Å². The van der Waals surface area contributed by atoms with E-state index in [9.17, 15) is 4.79 Å². The smallest absolute Gasteiger partial charge is 0.240 e. The van der Waals surface area contributed by atoms with Crippen LogP contribution in [0.25, 0.3) is 0 Å². The molecule has 0 radical (unpaired) electrons. The average molecular weight is 268 g/mol. The highest BCUT2D eigenvalue weighted by Gasteiger charge is 2.00. The van der Waals surface area contributed by atoms with Crippen LogP contribution in [0, 0.1) is 0 Å². The zero-order valence-corrected chi connectivity index (χ0v) is 13.1. The molecule has 0 aliphatic rings. The van der Waals surface area contributed by atoms with Crippen molar-refractivity contribution < 1.29 is 4.79 Å². The van der Waals surface area contributed by atoms with Crippen LogP contribution in [0.3, 0.4) is 0 Å². The van der Waals surface area contributed by atoms with Crippen molar-refractivity contribution in [1.29, 1.82) is 0 Å². The van der Waals surface area contributed by atoms with E-state index in [-0.39, 0.29) is 5.91 Å². The molecule has 0 heterocycles. The van der Waals surface area contributed by atoms with Crippen LogP contribution < -0.4 is 5.43 Å². The van der Waals surface area contributed by atoms with Gasteiger partial charge < -0.3 is 0 Å². The van der Waals surface area contributed by atoms with E-state index in [0.29, 0.717) is 6.42 Å². The average Bonchev–Trinajstić information content (AvgIpc) is 2.43. The summed E-state index contributed by atoms with van der Waals surface area (Å²) in [6, 6.07) is 0. The van der Waals surface area contributed by atoms with Crippen LogP contribution in [0.15, 0.2) is 5.10 Å². The normalized spacial score (nSPS) is 10.3. The van der Waals surface area contributed by atoms with Gasteiger partial charge in [-0.15, -0.1) is 0 Å². The number of nitrogens with one attached hydrogen (secondary N) is 1. The van der Waals surface area contributed by atoms with E-state index in [1.54, 1.807) is 0 Å². The molecule has 0 bridgehead atoms. The summed E-state index contributed by atoms with van der Waals surface area (Å²) in [4.78, 5) is 11.5. The minimum absolute atomic E-state index is 0.0605. The van der Waals surface area contributed by atoms with E-state index in [1.165, 1.54) is 38.5 Å². The lowest BCUT2D eigenvalue weighted by atomic mass is 10.1. The molecule has 0 saturated heterocycles. The largest absolute Gasteiger partial charge is 0.273 e. The van der Waals surface area contributed by atoms with E-state index in [4.69, 9.17) is 0 Å². The first kappa shape index (κ1) is 18.1. The maximum absolute atomic E-state index is 11.5. The fourth-order valence-electron chi connectivity index (χ4n) is 2.02. The molecule has 0 aliphatic heterocycles. The number of carbonyl (C=O) groups is 1. The van der Waals surface area contributed by atoms with Gasteiger partial charge in [0.2, 0.25) is 5.91 Å². The standard InChI is InChI=1S/C16H32N2O/c1-4-7-8-9-10-11-12-13-14-16(19)18-17-15(5-2)6-3/h4-14H2,1-3H3,(H,18,19). The number of unbranched alkanes of at least 4 members (excludes halogenated alkanes) is 7. The zero-order valence-electron chi connectivity index (χ0n) is 13.1. The second kappa shape index (κ2) is 13.6. The maximum atomic E-state index is 11.5. The molecular weight excluding hydrogens is 236 g/mol. The Kier molecular flexibility index (Phi) is 13.0. The van der Waals surface area contributed by atoms with Crippen LogP contribution >= 0.6 is 0 Å². The van der Waals surface area contributed by atoms with Crippen molar-refractivity contribution >= 4 is 11.6 Å². The molecule has 0 aromatic heterocycles. The van der Waals surface area contributed by atoms with Gasteiger partial charge >= 0.3 is 0 Å². The molecule has 112 valence electrons. The van der Waals surface area contributed by atoms with Gasteiger partial charge in [-0.05, 0) is 19.3 Å². The molecule has 3 heteroatoms. The molecule has 0 saturated carbocycles. The topological polar surface area (TPSA) is 41.5 Å². The monoisotopic (exact) mass is 268 g/mol. The summed E-state index contributed by atoms with van der Waals surface area (Å²) >= 11 is 0. The lowest BCUT2D eigenvalue weighted by molar-refractivity contribution is -0.121. The van der Waals surface area contributed by atoms with E-state index in [2.05, 4.69) is 31.3 Å². The number of amides is 1. The van der Waals surface area contributed by atoms with Crippen molar-refractivity contribution in [3.63, 3.8) is 0 Å². The Labute approximate surface area is 119 Å². The summed E-state index contributed by atoms with van der Waals surface area (Å²) < 4.78 is 0. The van der Waals surface area contributed by atoms with Crippen molar-refractivity contribution in [1.82, 2.24) is 5.43 Å². The molecule has 19 heavy (non-hydrogen) atoms. The van der Waals surface area contributed by atoms with Gasteiger partial charge in [0, 0.05) is 12.1 Å². The third-order valence-corrected chi connectivity index (χ3v) is 3.41. The van der Waals surface area contributed by atoms with Gasteiger partial charge in [0.05, 0.1) is 0 Å². The summed E-state index contributed by atoms with van der Waals surface area (Å²) in [5.74, 6) is 0.0605. The van der Waals surface area contributed by atoms with E-state index in [0.717, 1.165) is 31.4 Å². The van der Waals surface area contributed by atoms with Crippen LogP contribution in [0.5, 0.6) is 0 Å². The molecule has 1 amide bonds. The fraction of sp³-hybridized carbons (Fsp3) is 0.875. The molecule has 0 atom stereocenters. The summed E-state index contributed by atoms with van der Waals surface area (Å²) in [5, 5.41) is 4.13. The number of rotatable bonds is 12. The fourth-order valence-corrected chi connectivity index (χ4v) is 2.02. The first-order valence-corrected chi connectivity index (χ1v) is 8.08. The van der Waals surface area contributed by atoms with Crippen molar-refractivity contribution in [2.24, 2.45) is 5.10 Å². The molecule has 0 fully saturated rings. The van der Waals surface area contributed by atoms with Crippen molar-refractivity contribution in [3.8, 4) is 0 Å². The van der Waals surface area contributed by atoms with Gasteiger partial charge in [-0.3, -0.25) is 4.79 Å². The first-order chi connectivity index (χ1) is 9.24.